The average Bonchev–Trinajstić information content (AvgIpc) is 3.45. The Morgan fingerprint density at radius 3 is 1.56 bits per heavy atom. The fraction of sp³-hybridized carbons (Fsp3) is 0.385. The number of hydrogen-bond donors (Lipinski definition) is 2. The van der Waals surface area contributed by atoms with Gasteiger partial charge in [0.1, 0.15) is 0 Å². The van der Waals surface area contributed by atoms with Gasteiger partial charge in [0.05, 0.1) is 20.4 Å². The number of aryl methyl sites for hydroxylation is 2. The minimum Gasteiger partial charge on any atom is -0.302 e. The monoisotopic (exact) mass is 492 g/mol. The van der Waals surface area contributed by atoms with Crippen molar-refractivity contribution in [1.29, 1.82) is 0 Å². The maximum absolute atomic E-state index is 12.8. The summed E-state index contributed by atoms with van der Waals surface area (Å²) in [6.07, 6.45) is 4.77. The van der Waals surface area contributed by atoms with Gasteiger partial charge in [0.15, 0.2) is 10.3 Å². The molecule has 0 spiro atoms. The summed E-state index contributed by atoms with van der Waals surface area (Å²) in [5, 5.41) is 7.31. The van der Waals surface area contributed by atoms with Gasteiger partial charge in [-0.2, -0.15) is 0 Å². The first kappa shape index (κ1) is 22.9. The van der Waals surface area contributed by atoms with Crippen LogP contribution in [0.5, 0.6) is 0 Å². The number of nitrogens with zero attached hydrogens (tertiary/aromatic N) is 2. The van der Waals surface area contributed by atoms with Crippen molar-refractivity contribution >= 4 is 65.2 Å². The van der Waals surface area contributed by atoms with Crippen molar-refractivity contribution < 1.29 is 9.59 Å². The van der Waals surface area contributed by atoms with Gasteiger partial charge in [-0.25, -0.2) is 9.97 Å². The molecule has 5 rings (SSSR count). The SMILES string of the molecule is CCc1ccc2nc(NC(=O)C3CCC(C(=O)Nc4nc5ccc(CC)cc5s4)CC3)sc2c1. The van der Waals surface area contributed by atoms with Gasteiger partial charge in [0.2, 0.25) is 11.8 Å². The third-order valence-electron chi connectivity index (χ3n) is 6.65. The molecule has 0 bridgehead atoms. The van der Waals surface area contributed by atoms with E-state index in [-0.39, 0.29) is 23.7 Å². The van der Waals surface area contributed by atoms with Crippen LogP contribution in [0.1, 0.15) is 50.7 Å². The van der Waals surface area contributed by atoms with Crippen LogP contribution in [0.15, 0.2) is 36.4 Å². The highest BCUT2D eigenvalue weighted by Gasteiger charge is 2.30. The van der Waals surface area contributed by atoms with E-state index in [9.17, 15) is 9.59 Å². The Kier molecular flexibility index (Phi) is 6.61. The molecule has 2 heterocycles. The van der Waals surface area contributed by atoms with E-state index in [1.54, 1.807) is 0 Å². The summed E-state index contributed by atoms with van der Waals surface area (Å²) < 4.78 is 2.19. The first-order valence-electron chi connectivity index (χ1n) is 11.9. The molecular formula is C26H28N4O2S2. The summed E-state index contributed by atoms with van der Waals surface area (Å²) in [7, 11) is 0. The number of rotatable bonds is 6. The van der Waals surface area contributed by atoms with Crippen LogP contribution in [0.3, 0.4) is 0 Å². The van der Waals surface area contributed by atoms with E-state index in [2.05, 4.69) is 58.7 Å². The Labute approximate surface area is 206 Å². The minimum atomic E-state index is -0.0859. The van der Waals surface area contributed by atoms with Crippen LogP contribution in [0, 0.1) is 11.8 Å². The molecule has 1 aliphatic carbocycles. The van der Waals surface area contributed by atoms with Crippen molar-refractivity contribution in [2.75, 3.05) is 10.6 Å². The molecule has 0 radical (unpaired) electrons. The van der Waals surface area contributed by atoms with E-state index in [1.807, 2.05) is 12.1 Å². The van der Waals surface area contributed by atoms with Crippen LogP contribution < -0.4 is 10.6 Å². The standard InChI is InChI=1S/C26H28N4O2S2/c1-3-15-5-11-19-21(13-15)33-25(27-19)29-23(31)17-7-9-18(10-8-17)24(32)30-26-28-20-12-6-16(4-2)14-22(20)34-26/h5-6,11-14,17-18H,3-4,7-10H2,1-2H3,(H,27,29,31)(H,28,30,32). The largest absolute Gasteiger partial charge is 0.302 e. The van der Waals surface area contributed by atoms with Crippen molar-refractivity contribution in [3.8, 4) is 0 Å². The van der Waals surface area contributed by atoms with E-state index in [0.717, 1.165) is 33.3 Å². The lowest BCUT2D eigenvalue weighted by molar-refractivity contribution is -0.125. The summed E-state index contributed by atoms with van der Waals surface area (Å²) >= 11 is 3.03. The molecular weight excluding hydrogens is 464 g/mol. The fourth-order valence-corrected chi connectivity index (χ4v) is 6.38. The second-order valence-corrected chi connectivity index (χ2v) is 10.9. The molecule has 4 aromatic rings. The number of fused-ring (bicyclic) bond motifs is 2. The molecule has 2 aromatic carbocycles. The zero-order valence-electron chi connectivity index (χ0n) is 19.4. The quantitative estimate of drug-likeness (QED) is 0.325. The molecule has 34 heavy (non-hydrogen) atoms. The highest BCUT2D eigenvalue weighted by Crippen LogP contribution is 2.33. The molecule has 2 N–H and O–H groups in total. The first-order valence-corrected chi connectivity index (χ1v) is 13.6. The summed E-state index contributed by atoms with van der Waals surface area (Å²) in [4.78, 5) is 34.8. The number of carbonyl (C=O) groups is 2. The van der Waals surface area contributed by atoms with Crippen LogP contribution >= 0.6 is 22.7 Å². The topological polar surface area (TPSA) is 84.0 Å². The van der Waals surface area contributed by atoms with E-state index >= 15 is 0 Å². The molecule has 0 unspecified atom stereocenters. The number of nitrogens with one attached hydrogen (secondary N) is 2. The van der Waals surface area contributed by atoms with E-state index in [1.165, 1.54) is 33.8 Å². The fourth-order valence-electron chi connectivity index (χ4n) is 4.52. The zero-order valence-corrected chi connectivity index (χ0v) is 21.0. The lowest BCUT2D eigenvalue weighted by atomic mass is 9.81. The van der Waals surface area contributed by atoms with E-state index in [0.29, 0.717) is 35.9 Å². The summed E-state index contributed by atoms with van der Waals surface area (Å²) in [6, 6.07) is 12.5. The second-order valence-electron chi connectivity index (χ2n) is 8.88. The third kappa shape index (κ3) is 4.83. The van der Waals surface area contributed by atoms with Crippen molar-refractivity contribution in [2.45, 2.75) is 52.4 Å². The lowest BCUT2D eigenvalue weighted by Gasteiger charge is -2.26. The molecule has 176 valence electrons. The molecule has 1 fully saturated rings. The summed E-state index contributed by atoms with van der Waals surface area (Å²) in [6.45, 7) is 4.25. The van der Waals surface area contributed by atoms with Crippen LogP contribution in [-0.2, 0) is 22.4 Å². The maximum atomic E-state index is 12.8. The van der Waals surface area contributed by atoms with Gasteiger partial charge in [0.25, 0.3) is 0 Å². The smallest absolute Gasteiger partial charge is 0.229 e. The molecule has 2 aromatic heterocycles. The van der Waals surface area contributed by atoms with Crippen LogP contribution in [-0.4, -0.2) is 21.8 Å². The van der Waals surface area contributed by atoms with Gasteiger partial charge < -0.3 is 10.6 Å². The van der Waals surface area contributed by atoms with Gasteiger partial charge in [-0.1, -0.05) is 48.7 Å². The molecule has 0 atom stereocenters. The number of aromatic nitrogens is 2. The number of anilines is 2. The van der Waals surface area contributed by atoms with E-state index in [4.69, 9.17) is 0 Å². The van der Waals surface area contributed by atoms with Crippen LogP contribution in [0.25, 0.3) is 20.4 Å². The number of carbonyl (C=O) groups excluding carboxylic acids is 2. The van der Waals surface area contributed by atoms with Crippen LogP contribution in [0.4, 0.5) is 10.3 Å². The van der Waals surface area contributed by atoms with Crippen LogP contribution in [0.2, 0.25) is 0 Å². The molecule has 6 nitrogen and oxygen atoms in total. The zero-order chi connectivity index (χ0) is 23.7. The molecule has 2 amide bonds. The highest BCUT2D eigenvalue weighted by atomic mass is 32.1. The van der Waals surface area contributed by atoms with Gasteiger partial charge in [-0.3, -0.25) is 9.59 Å². The predicted molar refractivity (Wildman–Crippen MR) is 141 cm³/mol. The van der Waals surface area contributed by atoms with Gasteiger partial charge in [-0.05, 0) is 73.9 Å². The van der Waals surface area contributed by atoms with E-state index < -0.39 is 0 Å². The average molecular weight is 493 g/mol. The Morgan fingerprint density at radius 2 is 1.18 bits per heavy atom. The van der Waals surface area contributed by atoms with Crippen molar-refractivity contribution in [3.05, 3.63) is 47.5 Å². The van der Waals surface area contributed by atoms with Crippen molar-refractivity contribution in [2.24, 2.45) is 11.8 Å². The normalized spacial score (nSPS) is 18.3. The number of hydrogen-bond acceptors (Lipinski definition) is 6. The van der Waals surface area contributed by atoms with Gasteiger partial charge >= 0.3 is 0 Å². The number of benzene rings is 2. The Bertz CT molecular complexity index is 1250. The molecule has 8 heteroatoms. The molecule has 0 aliphatic heterocycles. The molecule has 1 saturated carbocycles. The Morgan fingerprint density at radius 1 is 0.765 bits per heavy atom. The first-order chi connectivity index (χ1) is 16.5. The van der Waals surface area contributed by atoms with Crippen molar-refractivity contribution in [3.63, 3.8) is 0 Å². The van der Waals surface area contributed by atoms with Gasteiger partial charge in [-0.15, -0.1) is 0 Å². The van der Waals surface area contributed by atoms with Crippen molar-refractivity contribution in [1.82, 2.24) is 9.97 Å². The Hall–Kier alpha value is -2.84. The minimum absolute atomic E-state index is 0.00605. The number of amides is 2. The Balaban J connectivity index is 1.15. The van der Waals surface area contributed by atoms with Gasteiger partial charge in [0, 0.05) is 11.8 Å². The predicted octanol–water partition coefficient (Wildman–Crippen LogP) is 6.41. The third-order valence-corrected chi connectivity index (χ3v) is 8.52. The molecule has 0 saturated heterocycles. The number of thiazole rings is 2. The highest BCUT2D eigenvalue weighted by molar-refractivity contribution is 7.22. The summed E-state index contributed by atoms with van der Waals surface area (Å²) in [5.74, 6) is -0.160. The summed E-state index contributed by atoms with van der Waals surface area (Å²) in [5.41, 5.74) is 4.36. The maximum Gasteiger partial charge on any atom is 0.229 e. The molecule has 1 aliphatic rings. The lowest BCUT2D eigenvalue weighted by Crippen LogP contribution is -2.31. The second kappa shape index (κ2) is 9.80.